The Balaban J connectivity index is 1.47. The van der Waals surface area contributed by atoms with Crippen LogP contribution in [0.1, 0.15) is 31.9 Å². The number of anilines is 1. The van der Waals surface area contributed by atoms with Gasteiger partial charge < -0.3 is 33.9 Å². The highest BCUT2D eigenvalue weighted by atomic mass is 79.9. The maximum Gasteiger partial charge on any atom is 0.309 e. The van der Waals surface area contributed by atoms with Gasteiger partial charge in [0.05, 0.1) is 31.6 Å². The Hall–Kier alpha value is -2.89. The molecular formula is C24H27BrN4O6. The summed E-state index contributed by atoms with van der Waals surface area (Å²) in [5.74, 6) is -0.329. The second-order valence-electron chi connectivity index (χ2n) is 9.15. The summed E-state index contributed by atoms with van der Waals surface area (Å²) in [6, 6.07) is 5.40. The molecule has 10 nitrogen and oxygen atoms in total. The third-order valence-electron chi connectivity index (χ3n) is 6.61. The minimum Gasteiger partial charge on any atom is -0.497 e. The Bertz CT molecular complexity index is 1280. The first-order chi connectivity index (χ1) is 16.7. The lowest BCUT2D eigenvalue weighted by Crippen LogP contribution is -2.30. The molecule has 0 bridgehead atoms. The third-order valence-corrected chi connectivity index (χ3v) is 7.21. The predicted molar refractivity (Wildman–Crippen MR) is 131 cm³/mol. The third kappa shape index (κ3) is 4.21. The van der Waals surface area contributed by atoms with E-state index in [-0.39, 0.29) is 6.04 Å². The van der Waals surface area contributed by atoms with Crippen LogP contribution in [0, 0.1) is 5.92 Å². The number of nitrogens with one attached hydrogen (secondary N) is 1. The normalized spacial score (nSPS) is 24.9. The molecule has 3 heterocycles. The minimum atomic E-state index is -0.884. The number of hydrogen-bond acceptors (Lipinski definition) is 8. The molecule has 1 aliphatic carbocycles. The van der Waals surface area contributed by atoms with Gasteiger partial charge in [-0.15, -0.1) is 0 Å². The number of rotatable bonds is 7. The molecule has 0 spiro atoms. The highest BCUT2D eigenvalue weighted by Crippen LogP contribution is 2.48. The Morgan fingerprint density at radius 3 is 2.74 bits per heavy atom. The van der Waals surface area contributed by atoms with Crippen LogP contribution in [0.25, 0.3) is 11.0 Å². The van der Waals surface area contributed by atoms with Crippen molar-refractivity contribution >= 4 is 38.8 Å². The Morgan fingerprint density at radius 1 is 1.26 bits per heavy atom. The number of carbonyl (C=O) groups is 1. The molecular weight excluding hydrogens is 520 g/mol. The number of fused-ring (bicyclic) bond motifs is 2. The molecule has 3 aromatic rings. The van der Waals surface area contributed by atoms with Crippen LogP contribution in [0.15, 0.2) is 35.2 Å². The molecule has 4 atom stereocenters. The molecule has 0 radical (unpaired) electrons. The van der Waals surface area contributed by atoms with Crippen LogP contribution in [0.5, 0.6) is 11.5 Å². The van der Waals surface area contributed by atoms with Crippen LogP contribution >= 0.6 is 15.9 Å². The molecule has 11 heteroatoms. The number of hydrogen-bond donors (Lipinski definition) is 2. The predicted octanol–water partition coefficient (Wildman–Crippen LogP) is 3.99. The van der Waals surface area contributed by atoms with Gasteiger partial charge in [0, 0.05) is 28.8 Å². The average Bonchev–Trinajstić information content (AvgIpc) is 3.45. The highest BCUT2D eigenvalue weighted by Gasteiger charge is 2.57. The van der Waals surface area contributed by atoms with Crippen molar-refractivity contribution in [3.63, 3.8) is 0 Å². The summed E-state index contributed by atoms with van der Waals surface area (Å²) in [5, 5.41) is 14.0. The lowest BCUT2D eigenvalue weighted by Gasteiger charge is -2.23. The van der Waals surface area contributed by atoms with Gasteiger partial charge in [-0.05, 0) is 48.3 Å². The number of aromatic nitrogens is 3. The Labute approximate surface area is 210 Å². The lowest BCUT2D eigenvalue weighted by molar-refractivity contribution is -0.167. The smallest absolute Gasteiger partial charge is 0.309 e. The average molecular weight is 547 g/mol. The highest BCUT2D eigenvalue weighted by molar-refractivity contribution is 9.10. The number of benzene rings is 1. The van der Waals surface area contributed by atoms with E-state index in [0.717, 1.165) is 15.4 Å². The van der Waals surface area contributed by atoms with Crippen molar-refractivity contribution in [2.45, 2.75) is 50.8 Å². The van der Waals surface area contributed by atoms with Crippen LogP contribution in [-0.4, -0.2) is 57.8 Å². The minimum absolute atomic E-state index is 0.249. The maximum atomic E-state index is 12.0. The second kappa shape index (κ2) is 8.96. The van der Waals surface area contributed by atoms with Crippen molar-refractivity contribution in [3.05, 3.63) is 40.8 Å². The topological polar surface area (TPSA) is 117 Å². The molecule has 1 saturated carbocycles. The number of ether oxygens (including phenoxy) is 4. The van der Waals surface area contributed by atoms with Gasteiger partial charge in [-0.2, -0.15) is 0 Å². The van der Waals surface area contributed by atoms with E-state index < -0.39 is 29.9 Å². The van der Waals surface area contributed by atoms with Crippen LogP contribution < -0.4 is 14.8 Å². The standard InChI is InChI=1S/C24H27BrN4O6/c1-24(2)34-19-14(23(30)31)8-16(20(19)35-24)29-10-15(25)18-21(27-11-28-22(18)29)26-9-12-5-6-13(32-3)7-17(12)33-4/h5-7,10-11,14,16,19-20H,8-9H2,1-4H3,(H,30,31)(H,26,27,28)/t14-,16+,19+,20-/m0/s1. The molecule has 0 unspecified atom stereocenters. The maximum absolute atomic E-state index is 12.0. The van der Waals surface area contributed by atoms with Gasteiger partial charge in [-0.25, -0.2) is 9.97 Å². The van der Waals surface area contributed by atoms with Crippen LogP contribution in [-0.2, 0) is 20.8 Å². The van der Waals surface area contributed by atoms with E-state index in [4.69, 9.17) is 18.9 Å². The molecule has 2 fully saturated rings. The van der Waals surface area contributed by atoms with E-state index >= 15 is 0 Å². The molecule has 1 saturated heterocycles. The largest absolute Gasteiger partial charge is 0.497 e. The number of halogens is 1. The zero-order valence-corrected chi connectivity index (χ0v) is 21.4. The van der Waals surface area contributed by atoms with Gasteiger partial charge in [0.1, 0.15) is 41.5 Å². The van der Waals surface area contributed by atoms with E-state index in [9.17, 15) is 9.90 Å². The quantitative estimate of drug-likeness (QED) is 0.453. The van der Waals surface area contributed by atoms with Crippen LogP contribution in [0.2, 0.25) is 0 Å². The zero-order chi connectivity index (χ0) is 24.9. The summed E-state index contributed by atoms with van der Waals surface area (Å²) in [7, 11) is 3.23. The fraction of sp³-hybridized carbons (Fsp3) is 0.458. The van der Waals surface area contributed by atoms with Gasteiger partial charge in [-0.1, -0.05) is 0 Å². The van der Waals surface area contributed by atoms with Gasteiger partial charge in [-0.3, -0.25) is 4.79 Å². The van der Waals surface area contributed by atoms with Gasteiger partial charge >= 0.3 is 5.97 Å². The molecule has 1 aromatic carbocycles. The lowest BCUT2D eigenvalue weighted by atomic mass is 10.1. The zero-order valence-electron chi connectivity index (χ0n) is 19.8. The van der Waals surface area contributed by atoms with Crippen molar-refractivity contribution < 1.29 is 28.8 Å². The van der Waals surface area contributed by atoms with E-state index in [1.807, 2.05) is 42.8 Å². The summed E-state index contributed by atoms with van der Waals surface area (Å²) >= 11 is 3.66. The van der Waals surface area contributed by atoms with Crippen molar-refractivity contribution in [2.24, 2.45) is 5.92 Å². The van der Waals surface area contributed by atoms with Gasteiger partial charge in [0.15, 0.2) is 5.79 Å². The molecule has 2 N–H and O–H groups in total. The summed E-state index contributed by atoms with van der Waals surface area (Å²) in [6.45, 7) is 4.09. The monoisotopic (exact) mass is 546 g/mol. The van der Waals surface area contributed by atoms with Gasteiger partial charge in [0.2, 0.25) is 0 Å². The van der Waals surface area contributed by atoms with E-state index in [0.29, 0.717) is 35.9 Å². The summed E-state index contributed by atoms with van der Waals surface area (Å²) in [5.41, 5.74) is 1.62. The fourth-order valence-corrected chi connectivity index (χ4v) is 5.66. The number of carboxylic acids is 1. The molecule has 1 aliphatic heterocycles. The molecule has 2 aliphatic rings. The fourth-order valence-electron chi connectivity index (χ4n) is 5.07. The Morgan fingerprint density at radius 2 is 2.03 bits per heavy atom. The van der Waals surface area contributed by atoms with Crippen LogP contribution in [0.3, 0.4) is 0 Å². The first-order valence-electron chi connectivity index (χ1n) is 11.3. The first-order valence-corrected chi connectivity index (χ1v) is 12.1. The van der Waals surface area contributed by atoms with Crippen molar-refractivity contribution in [1.29, 1.82) is 0 Å². The SMILES string of the molecule is COc1ccc(CNc2ncnc3c2c(Br)cn3[C@@H]2C[C@H](C(=O)O)[C@H]3OC(C)(C)O[C@H]32)c(OC)c1. The van der Waals surface area contributed by atoms with Crippen molar-refractivity contribution in [2.75, 3.05) is 19.5 Å². The molecule has 35 heavy (non-hydrogen) atoms. The van der Waals surface area contributed by atoms with Gasteiger partial charge in [0.25, 0.3) is 0 Å². The number of methoxy groups -OCH3 is 2. The summed E-state index contributed by atoms with van der Waals surface area (Å²) in [6.07, 6.45) is 2.87. The second-order valence-corrected chi connectivity index (χ2v) is 10.0. The molecule has 5 rings (SSSR count). The Kier molecular flexibility index (Phi) is 6.10. The van der Waals surface area contributed by atoms with E-state index in [1.54, 1.807) is 14.2 Å². The number of nitrogens with zero attached hydrogens (tertiary/aromatic N) is 3. The summed E-state index contributed by atoms with van der Waals surface area (Å²) < 4.78 is 25.7. The number of aliphatic carboxylic acids is 1. The summed E-state index contributed by atoms with van der Waals surface area (Å²) in [4.78, 5) is 21.0. The van der Waals surface area contributed by atoms with Crippen molar-refractivity contribution in [3.8, 4) is 11.5 Å². The van der Waals surface area contributed by atoms with E-state index in [1.165, 1.54) is 6.33 Å². The molecule has 0 amide bonds. The van der Waals surface area contributed by atoms with Crippen molar-refractivity contribution in [1.82, 2.24) is 14.5 Å². The van der Waals surface area contributed by atoms with E-state index in [2.05, 4.69) is 31.2 Å². The molecule has 186 valence electrons. The van der Waals surface area contributed by atoms with Crippen LogP contribution in [0.4, 0.5) is 5.82 Å². The number of carboxylic acid groups (broad SMARTS) is 1. The molecule has 2 aromatic heterocycles. The first kappa shape index (κ1) is 23.8.